The molecule has 0 amide bonds. The first kappa shape index (κ1) is 20.0. The number of phenols is 1. The van der Waals surface area contributed by atoms with E-state index in [0.29, 0.717) is 28.6 Å². The maximum absolute atomic E-state index is 12.7. The molecule has 0 saturated heterocycles. The summed E-state index contributed by atoms with van der Waals surface area (Å²) >= 11 is 0. The van der Waals surface area contributed by atoms with Crippen LogP contribution in [0.15, 0.2) is 30.3 Å². The third-order valence-electron chi connectivity index (χ3n) is 3.89. The summed E-state index contributed by atoms with van der Waals surface area (Å²) in [7, 11) is 7.40. The predicted molar refractivity (Wildman–Crippen MR) is 101 cm³/mol. The molecule has 27 heavy (non-hydrogen) atoms. The lowest BCUT2D eigenvalue weighted by atomic mass is 10.1. The van der Waals surface area contributed by atoms with E-state index in [1.807, 2.05) is 0 Å². The van der Waals surface area contributed by atoms with Crippen LogP contribution in [0.5, 0.6) is 34.5 Å². The van der Waals surface area contributed by atoms with E-state index >= 15 is 0 Å². The highest BCUT2D eigenvalue weighted by atomic mass is 16.5. The Morgan fingerprint density at radius 2 is 1.41 bits per heavy atom. The Morgan fingerprint density at radius 3 is 1.96 bits per heavy atom. The number of ketones is 1. The number of aromatic hydroxyl groups is 1. The molecule has 2 aromatic carbocycles. The summed E-state index contributed by atoms with van der Waals surface area (Å²) in [6.07, 6.45) is 2.86. The van der Waals surface area contributed by atoms with Gasteiger partial charge in [-0.3, -0.25) is 4.79 Å². The Bertz CT molecular complexity index is 856. The molecule has 0 unspecified atom stereocenters. The standard InChI is InChI=1S/C20H22O7/c1-23-13-8-12(20(27-5)18(11-13)26-4)6-7-15(21)19-16(22)9-14(24-2)10-17(19)25-3/h6-11,22H,1-5H3. The van der Waals surface area contributed by atoms with E-state index in [9.17, 15) is 9.90 Å². The van der Waals surface area contributed by atoms with E-state index in [4.69, 9.17) is 23.7 Å². The molecule has 144 valence electrons. The third-order valence-corrected chi connectivity index (χ3v) is 3.89. The van der Waals surface area contributed by atoms with Gasteiger partial charge in [-0.2, -0.15) is 0 Å². The first-order valence-electron chi connectivity index (χ1n) is 7.96. The quantitative estimate of drug-likeness (QED) is 0.560. The highest BCUT2D eigenvalue weighted by Gasteiger charge is 2.18. The van der Waals surface area contributed by atoms with Gasteiger partial charge in [0.25, 0.3) is 0 Å². The molecule has 0 bridgehead atoms. The Labute approximate surface area is 157 Å². The zero-order valence-electron chi connectivity index (χ0n) is 15.9. The summed E-state index contributed by atoms with van der Waals surface area (Å²) in [6, 6.07) is 6.25. The molecule has 0 aliphatic heterocycles. The van der Waals surface area contributed by atoms with Crippen molar-refractivity contribution in [3.8, 4) is 34.5 Å². The van der Waals surface area contributed by atoms with Crippen LogP contribution in [0.2, 0.25) is 0 Å². The van der Waals surface area contributed by atoms with Crippen LogP contribution in [-0.2, 0) is 0 Å². The van der Waals surface area contributed by atoms with E-state index in [1.165, 1.54) is 53.8 Å². The molecule has 0 aliphatic carbocycles. The van der Waals surface area contributed by atoms with Crippen LogP contribution in [0, 0.1) is 0 Å². The molecule has 7 nitrogen and oxygen atoms in total. The molecule has 1 N–H and O–H groups in total. The second-order valence-corrected chi connectivity index (χ2v) is 5.37. The zero-order chi connectivity index (χ0) is 20.0. The second kappa shape index (κ2) is 8.84. The first-order valence-corrected chi connectivity index (χ1v) is 7.96. The van der Waals surface area contributed by atoms with Gasteiger partial charge in [0.05, 0.1) is 35.5 Å². The van der Waals surface area contributed by atoms with Crippen LogP contribution >= 0.6 is 0 Å². The second-order valence-electron chi connectivity index (χ2n) is 5.37. The van der Waals surface area contributed by atoms with Crippen LogP contribution in [-0.4, -0.2) is 46.4 Å². The number of methoxy groups -OCH3 is 5. The van der Waals surface area contributed by atoms with E-state index in [1.54, 1.807) is 18.2 Å². The fraction of sp³-hybridized carbons (Fsp3) is 0.250. The molecule has 0 aromatic heterocycles. The summed E-state index contributed by atoms with van der Waals surface area (Å²) in [5.74, 6) is 1.36. The number of allylic oxidation sites excluding steroid dienone is 1. The minimum absolute atomic E-state index is 0.0309. The normalized spacial score (nSPS) is 10.6. The number of benzene rings is 2. The predicted octanol–water partition coefficient (Wildman–Crippen LogP) is 3.33. The van der Waals surface area contributed by atoms with Gasteiger partial charge < -0.3 is 28.8 Å². The van der Waals surface area contributed by atoms with Crippen molar-refractivity contribution < 1.29 is 33.6 Å². The molecule has 0 heterocycles. The van der Waals surface area contributed by atoms with Crippen LogP contribution in [0.3, 0.4) is 0 Å². The molecule has 0 fully saturated rings. The highest BCUT2D eigenvalue weighted by Crippen LogP contribution is 2.37. The van der Waals surface area contributed by atoms with Crippen LogP contribution in [0.1, 0.15) is 15.9 Å². The van der Waals surface area contributed by atoms with E-state index in [-0.39, 0.29) is 17.1 Å². The smallest absolute Gasteiger partial charge is 0.193 e. The number of carbonyl (C=O) groups excluding carboxylic acids is 1. The molecule has 2 rings (SSSR count). The highest BCUT2D eigenvalue weighted by molar-refractivity contribution is 6.10. The number of phenolic OH excluding ortho intramolecular Hbond substituents is 1. The fourth-order valence-electron chi connectivity index (χ4n) is 2.56. The molecule has 0 spiro atoms. The fourth-order valence-corrected chi connectivity index (χ4v) is 2.56. The van der Waals surface area contributed by atoms with Crippen molar-refractivity contribution in [3.63, 3.8) is 0 Å². The average Bonchev–Trinajstić information content (AvgIpc) is 2.70. The number of ether oxygens (including phenoxy) is 5. The summed E-state index contributed by atoms with van der Waals surface area (Å²) in [6.45, 7) is 0. The van der Waals surface area contributed by atoms with E-state index < -0.39 is 5.78 Å². The van der Waals surface area contributed by atoms with Crippen LogP contribution in [0.25, 0.3) is 6.08 Å². The average molecular weight is 374 g/mol. The Morgan fingerprint density at radius 1 is 0.815 bits per heavy atom. The number of hydrogen-bond acceptors (Lipinski definition) is 7. The van der Waals surface area contributed by atoms with E-state index in [2.05, 4.69) is 0 Å². The van der Waals surface area contributed by atoms with Gasteiger partial charge in [0, 0.05) is 23.8 Å². The Balaban J connectivity index is 2.46. The van der Waals surface area contributed by atoms with Crippen molar-refractivity contribution in [2.45, 2.75) is 0 Å². The van der Waals surface area contributed by atoms with Crippen molar-refractivity contribution in [2.75, 3.05) is 35.5 Å². The Kier molecular flexibility index (Phi) is 6.54. The summed E-state index contributed by atoms with van der Waals surface area (Å²) in [4.78, 5) is 12.7. The third kappa shape index (κ3) is 4.25. The van der Waals surface area contributed by atoms with Crippen molar-refractivity contribution >= 4 is 11.9 Å². The molecule has 0 aliphatic rings. The zero-order valence-corrected chi connectivity index (χ0v) is 15.9. The molecule has 0 saturated carbocycles. The van der Waals surface area contributed by atoms with E-state index in [0.717, 1.165) is 0 Å². The van der Waals surface area contributed by atoms with Crippen molar-refractivity contribution in [3.05, 3.63) is 41.5 Å². The molecule has 7 heteroatoms. The molecular formula is C20H22O7. The monoisotopic (exact) mass is 374 g/mol. The summed E-state index contributed by atoms with van der Waals surface area (Å²) in [5.41, 5.74) is 0.609. The topological polar surface area (TPSA) is 83.5 Å². The number of hydrogen-bond donors (Lipinski definition) is 1. The van der Waals surface area contributed by atoms with Gasteiger partial charge in [0.1, 0.15) is 28.6 Å². The van der Waals surface area contributed by atoms with Gasteiger partial charge in [-0.1, -0.05) is 0 Å². The minimum atomic E-state index is -0.448. The molecular weight excluding hydrogens is 352 g/mol. The largest absolute Gasteiger partial charge is 0.507 e. The first-order chi connectivity index (χ1) is 13.0. The number of rotatable bonds is 8. The summed E-state index contributed by atoms with van der Waals surface area (Å²) in [5, 5.41) is 10.2. The Hall–Kier alpha value is -3.35. The lowest BCUT2D eigenvalue weighted by Crippen LogP contribution is -2.01. The number of carbonyl (C=O) groups is 1. The molecule has 0 atom stereocenters. The maximum atomic E-state index is 12.7. The molecule has 0 radical (unpaired) electrons. The lowest BCUT2D eigenvalue weighted by molar-refractivity contribution is 0.104. The van der Waals surface area contributed by atoms with Crippen LogP contribution < -0.4 is 23.7 Å². The van der Waals surface area contributed by atoms with Gasteiger partial charge in [0.2, 0.25) is 0 Å². The van der Waals surface area contributed by atoms with Gasteiger partial charge in [-0.25, -0.2) is 0 Å². The SMILES string of the molecule is COc1cc(C=CC(=O)c2c(O)cc(OC)cc2OC)c(OC)c(OC)c1. The van der Waals surface area contributed by atoms with Gasteiger partial charge in [-0.05, 0) is 18.2 Å². The van der Waals surface area contributed by atoms with Gasteiger partial charge >= 0.3 is 0 Å². The van der Waals surface area contributed by atoms with Gasteiger partial charge in [0.15, 0.2) is 17.3 Å². The minimum Gasteiger partial charge on any atom is -0.507 e. The molecule has 2 aromatic rings. The summed E-state index contributed by atoms with van der Waals surface area (Å²) < 4.78 is 26.2. The van der Waals surface area contributed by atoms with Crippen LogP contribution in [0.4, 0.5) is 0 Å². The van der Waals surface area contributed by atoms with Crippen molar-refractivity contribution in [1.82, 2.24) is 0 Å². The van der Waals surface area contributed by atoms with Crippen molar-refractivity contribution in [2.24, 2.45) is 0 Å². The van der Waals surface area contributed by atoms with Crippen molar-refractivity contribution in [1.29, 1.82) is 0 Å². The maximum Gasteiger partial charge on any atom is 0.193 e. The van der Waals surface area contributed by atoms with Gasteiger partial charge in [-0.15, -0.1) is 0 Å². The lowest BCUT2D eigenvalue weighted by Gasteiger charge is -2.13.